The van der Waals surface area contributed by atoms with Gasteiger partial charge in [-0.2, -0.15) is 0 Å². The maximum Gasteiger partial charge on any atom is 0.305 e. The van der Waals surface area contributed by atoms with E-state index in [0.717, 1.165) is 38.5 Å². The van der Waals surface area contributed by atoms with Crippen LogP contribution in [-0.2, 0) is 14.3 Å². The second-order valence-corrected chi connectivity index (χ2v) is 28.8. The zero-order valence-corrected chi connectivity index (χ0v) is 60.5. The molecule has 0 rings (SSSR count). The lowest BCUT2D eigenvalue weighted by Crippen LogP contribution is -2.45. The van der Waals surface area contributed by atoms with Gasteiger partial charge in [0.05, 0.1) is 25.4 Å². The Morgan fingerprint density at radius 1 is 0.273 bits per heavy atom. The second-order valence-electron chi connectivity index (χ2n) is 28.8. The molecular formula is C82H163NO5. The van der Waals surface area contributed by atoms with Crippen molar-refractivity contribution in [3.05, 3.63) is 0 Å². The molecule has 0 bridgehead atoms. The summed E-state index contributed by atoms with van der Waals surface area (Å²) in [5.74, 6) is 0.00192. The standard InChI is InChI=1S/C82H163NO5/c1-3-5-7-9-11-13-15-17-18-19-20-21-22-36-39-42-45-48-51-54-58-62-66-70-74-80(85)79(78-84)83-81(86)75-71-67-63-59-55-52-49-46-43-40-37-34-32-30-28-26-24-23-25-27-29-31-33-35-38-41-44-47-50-53-57-61-65-69-73-77-88-82(87)76-72-68-64-60-56-16-14-12-10-8-6-4-2/h79-80,84-85H,3-78H2,1-2H3,(H,83,86). The zero-order chi connectivity index (χ0) is 63.5. The first-order valence-electron chi connectivity index (χ1n) is 41.3. The molecule has 0 aliphatic heterocycles. The lowest BCUT2D eigenvalue weighted by atomic mass is 10.0. The van der Waals surface area contributed by atoms with E-state index in [1.165, 1.54) is 417 Å². The number of amides is 1. The van der Waals surface area contributed by atoms with Crippen LogP contribution < -0.4 is 5.32 Å². The van der Waals surface area contributed by atoms with Crippen molar-refractivity contribution in [1.29, 1.82) is 0 Å². The number of esters is 1. The van der Waals surface area contributed by atoms with E-state index >= 15 is 0 Å². The van der Waals surface area contributed by atoms with Crippen molar-refractivity contribution in [3.8, 4) is 0 Å². The van der Waals surface area contributed by atoms with Crippen LogP contribution in [0, 0.1) is 0 Å². The van der Waals surface area contributed by atoms with Gasteiger partial charge in [0.2, 0.25) is 5.91 Å². The number of hydrogen-bond acceptors (Lipinski definition) is 5. The Labute approximate surface area is 553 Å². The fourth-order valence-corrected chi connectivity index (χ4v) is 13.6. The van der Waals surface area contributed by atoms with Crippen LogP contribution in [0.4, 0.5) is 0 Å². The first kappa shape index (κ1) is 86.9. The molecule has 2 unspecified atom stereocenters. The molecule has 0 spiro atoms. The Kier molecular flexibility index (Phi) is 77.3. The normalized spacial score (nSPS) is 12.4. The molecule has 3 N–H and O–H groups in total. The third-order valence-electron chi connectivity index (χ3n) is 19.9. The lowest BCUT2D eigenvalue weighted by molar-refractivity contribution is -0.143. The van der Waals surface area contributed by atoms with Gasteiger partial charge in [-0.25, -0.2) is 0 Å². The topological polar surface area (TPSA) is 95.9 Å². The van der Waals surface area contributed by atoms with Crippen LogP contribution in [0.2, 0.25) is 0 Å². The van der Waals surface area contributed by atoms with Crippen molar-refractivity contribution in [2.24, 2.45) is 0 Å². The summed E-state index contributed by atoms with van der Waals surface area (Å²) in [6, 6.07) is -0.538. The van der Waals surface area contributed by atoms with Gasteiger partial charge in [0.1, 0.15) is 0 Å². The molecule has 1 amide bonds. The fourth-order valence-electron chi connectivity index (χ4n) is 13.6. The quantitative estimate of drug-likeness (QED) is 0.0417. The Morgan fingerprint density at radius 2 is 0.466 bits per heavy atom. The van der Waals surface area contributed by atoms with Gasteiger partial charge in [-0.3, -0.25) is 9.59 Å². The SMILES string of the molecule is CCCCCCCCCCCCCCCCCCCCCCCCCCC(O)C(CO)NC(=O)CCCCCCCCCCCCCCCCCCCCCCCCCCCCCCCCCCCCCOC(=O)CCCCCCCCCCCCCC. The molecule has 0 aromatic heterocycles. The molecular weight excluding hydrogens is 1080 g/mol. The number of rotatable bonds is 79. The number of hydrogen-bond donors (Lipinski definition) is 3. The lowest BCUT2D eigenvalue weighted by Gasteiger charge is -2.22. The molecule has 0 saturated carbocycles. The smallest absolute Gasteiger partial charge is 0.305 e. The Balaban J connectivity index is 3.31. The summed E-state index contributed by atoms with van der Waals surface area (Å²) in [6.45, 7) is 5.02. The van der Waals surface area contributed by atoms with E-state index in [9.17, 15) is 19.8 Å². The van der Waals surface area contributed by atoms with Gasteiger partial charge in [0, 0.05) is 12.8 Å². The zero-order valence-electron chi connectivity index (χ0n) is 60.5. The van der Waals surface area contributed by atoms with Crippen molar-refractivity contribution in [1.82, 2.24) is 5.32 Å². The number of carbonyl (C=O) groups excluding carboxylic acids is 2. The third-order valence-corrected chi connectivity index (χ3v) is 19.9. The highest BCUT2D eigenvalue weighted by Gasteiger charge is 2.20. The van der Waals surface area contributed by atoms with Crippen LogP contribution in [0.25, 0.3) is 0 Å². The summed E-state index contributed by atoms with van der Waals surface area (Å²) in [5.41, 5.74) is 0. The van der Waals surface area contributed by atoms with Crippen LogP contribution in [0.3, 0.4) is 0 Å². The highest BCUT2D eigenvalue weighted by Crippen LogP contribution is 2.21. The van der Waals surface area contributed by atoms with Gasteiger partial charge in [-0.15, -0.1) is 0 Å². The average Bonchev–Trinajstić information content (AvgIpc) is 3.54. The third kappa shape index (κ3) is 73.9. The molecule has 0 saturated heterocycles. The van der Waals surface area contributed by atoms with Crippen molar-refractivity contribution in [2.45, 2.75) is 501 Å². The van der Waals surface area contributed by atoms with Crippen LogP contribution in [-0.4, -0.2) is 47.4 Å². The highest BCUT2D eigenvalue weighted by atomic mass is 16.5. The highest BCUT2D eigenvalue weighted by molar-refractivity contribution is 5.76. The molecule has 0 aliphatic rings. The summed E-state index contributed by atoms with van der Waals surface area (Å²) in [7, 11) is 0. The molecule has 6 nitrogen and oxygen atoms in total. The predicted octanol–water partition coefficient (Wildman–Crippen LogP) is 27.3. The number of nitrogens with one attached hydrogen (secondary N) is 1. The van der Waals surface area contributed by atoms with Crippen LogP contribution in [0.1, 0.15) is 489 Å². The van der Waals surface area contributed by atoms with Gasteiger partial charge >= 0.3 is 5.97 Å². The largest absolute Gasteiger partial charge is 0.466 e. The summed E-state index contributed by atoms with van der Waals surface area (Å²) >= 11 is 0. The van der Waals surface area contributed by atoms with E-state index in [2.05, 4.69) is 19.2 Å². The molecule has 526 valence electrons. The monoisotopic (exact) mass is 1240 g/mol. The fraction of sp³-hybridized carbons (Fsp3) is 0.976. The number of aliphatic hydroxyl groups is 2. The summed E-state index contributed by atoms with van der Waals surface area (Å²) < 4.78 is 5.49. The van der Waals surface area contributed by atoms with Gasteiger partial charge in [-0.05, 0) is 25.7 Å². The van der Waals surface area contributed by atoms with E-state index in [0.29, 0.717) is 25.9 Å². The number of unbranched alkanes of at least 4 members (excludes halogenated alkanes) is 68. The maximum absolute atomic E-state index is 12.6. The Hall–Kier alpha value is -1.14. The molecule has 88 heavy (non-hydrogen) atoms. The average molecular weight is 1240 g/mol. The predicted molar refractivity (Wildman–Crippen MR) is 389 cm³/mol. The van der Waals surface area contributed by atoms with Gasteiger partial charge in [0.25, 0.3) is 0 Å². The van der Waals surface area contributed by atoms with Crippen LogP contribution in [0.5, 0.6) is 0 Å². The summed E-state index contributed by atoms with van der Waals surface area (Å²) in [6.07, 6.45) is 97.9. The Morgan fingerprint density at radius 3 is 0.693 bits per heavy atom. The molecule has 0 aliphatic carbocycles. The van der Waals surface area contributed by atoms with Gasteiger partial charge in [0.15, 0.2) is 0 Å². The molecule has 0 radical (unpaired) electrons. The number of carbonyl (C=O) groups is 2. The van der Waals surface area contributed by atoms with E-state index in [-0.39, 0.29) is 18.5 Å². The van der Waals surface area contributed by atoms with E-state index in [4.69, 9.17) is 4.74 Å². The van der Waals surface area contributed by atoms with E-state index in [1.54, 1.807) is 0 Å². The summed E-state index contributed by atoms with van der Waals surface area (Å²) in [5, 5.41) is 23.5. The first-order valence-corrected chi connectivity index (χ1v) is 41.3. The van der Waals surface area contributed by atoms with Crippen molar-refractivity contribution < 1.29 is 24.5 Å². The van der Waals surface area contributed by atoms with Gasteiger partial charge < -0.3 is 20.3 Å². The van der Waals surface area contributed by atoms with Crippen molar-refractivity contribution >= 4 is 11.9 Å². The molecule has 0 aromatic carbocycles. The number of aliphatic hydroxyl groups excluding tert-OH is 2. The minimum Gasteiger partial charge on any atom is -0.466 e. The second kappa shape index (κ2) is 78.3. The van der Waals surface area contributed by atoms with E-state index in [1.807, 2.05) is 0 Å². The maximum atomic E-state index is 12.6. The Bertz CT molecular complexity index is 1290. The van der Waals surface area contributed by atoms with Crippen molar-refractivity contribution in [3.63, 3.8) is 0 Å². The molecule has 2 atom stereocenters. The van der Waals surface area contributed by atoms with E-state index < -0.39 is 12.1 Å². The summed E-state index contributed by atoms with van der Waals surface area (Å²) in [4.78, 5) is 24.6. The minimum atomic E-state index is -0.661. The van der Waals surface area contributed by atoms with Crippen LogP contribution in [0.15, 0.2) is 0 Å². The molecule has 0 aromatic rings. The first-order chi connectivity index (χ1) is 43.5. The van der Waals surface area contributed by atoms with Gasteiger partial charge in [-0.1, -0.05) is 450 Å². The molecule has 6 heteroatoms. The number of ether oxygens (including phenoxy) is 1. The molecule has 0 heterocycles. The van der Waals surface area contributed by atoms with Crippen LogP contribution >= 0.6 is 0 Å². The van der Waals surface area contributed by atoms with Crippen molar-refractivity contribution in [2.75, 3.05) is 13.2 Å². The minimum absolute atomic E-state index is 0.0228. The molecule has 0 fully saturated rings.